The van der Waals surface area contributed by atoms with E-state index in [2.05, 4.69) is 94.9 Å². The molecule has 2 saturated heterocycles. The van der Waals surface area contributed by atoms with Gasteiger partial charge in [0.25, 0.3) is 0 Å². The molecule has 1 amide bonds. The lowest BCUT2D eigenvalue weighted by Crippen LogP contribution is -2.59. The van der Waals surface area contributed by atoms with E-state index in [9.17, 15) is 4.79 Å². The second-order valence-corrected chi connectivity index (χ2v) is 13.6. The van der Waals surface area contributed by atoms with Crippen molar-refractivity contribution in [3.8, 4) is 0 Å². The van der Waals surface area contributed by atoms with E-state index in [1.165, 1.54) is 43.5 Å². The second kappa shape index (κ2) is 15.9. The van der Waals surface area contributed by atoms with Crippen molar-refractivity contribution in [3.05, 3.63) is 113 Å². The Balaban J connectivity index is 1.30. The molecule has 6 heteroatoms. The fourth-order valence-corrected chi connectivity index (χ4v) is 6.92. The summed E-state index contributed by atoms with van der Waals surface area (Å²) in [5, 5.41) is 8.06. The number of nitrogens with zero attached hydrogens (tertiary/aromatic N) is 2. The van der Waals surface area contributed by atoms with Crippen molar-refractivity contribution >= 4 is 23.6 Å². The van der Waals surface area contributed by atoms with Crippen molar-refractivity contribution in [2.24, 2.45) is 0 Å². The number of halogens is 1. The summed E-state index contributed by atoms with van der Waals surface area (Å²) in [6.07, 6.45) is 9.52. The molecule has 2 unspecified atom stereocenters. The molecule has 3 aromatic carbocycles. The molecule has 0 bridgehead atoms. The van der Waals surface area contributed by atoms with Crippen molar-refractivity contribution < 1.29 is 4.79 Å². The molecule has 44 heavy (non-hydrogen) atoms. The summed E-state index contributed by atoms with van der Waals surface area (Å²) in [4.78, 5) is 18.4. The Morgan fingerprint density at radius 1 is 0.909 bits per heavy atom. The third-order valence-corrected chi connectivity index (χ3v) is 9.60. The minimum absolute atomic E-state index is 0.0778. The molecule has 2 heterocycles. The number of amides is 1. The molecule has 2 fully saturated rings. The van der Waals surface area contributed by atoms with Gasteiger partial charge < -0.3 is 20.4 Å². The molecule has 2 aliphatic rings. The topological polar surface area (TPSA) is 47.6 Å². The summed E-state index contributed by atoms with van der Waals surface area (Å²) in [7, 11) is 0. The predicted octanol–water partition coefficient (Wildman–Crippen LogP) is 6.99. The van der Waals surface area contributed by atoms with Gasteiger partial charge in [-0.05, 0) is 101 Å². The van der Waals surface area contributed by atoms with Crippen molar-refractivity contribution in [2.75, 3.05) is 39.3 Å². The van der Waals surface area contributed by atoms with Crippen LogP contribution in [0.25, 0.3) is 6.08 Å². The monoisotopic (exact) mass is 612 g/mol. The zero-order valence-corrected chi connectivity index (χ0v) is 27.2. The van der Waals surface area contributed by atoms with Crippen LogP contribution in [0.4, 0.5) is 0 Å². The van der Waals surface area contributed by atoms with Gasteiger partial charge in [-0.15, -0.1) is 0 Å². The van der Waals surface area contributed by atoms with E-state index in [0.29, 0.717) is 17.0 Å². The molecule has 0 saturated carbocycles. The van der Waals surface area contributed by atoms with Crippen LogP contribution >= 0.6 is 11.6 Å². The number of hydrogen-bond donors (Lipinski definition) is 2. The Hall–Kier alpha value is -2.96. The largest absolute Gasteiger partial charge is 0.346 e. The van der Waals surface area contributed by atoms with E-state index in [4.69, 9.17) is 11.6 Å². The van der Waals surface area contributed by atoms with Gasteiger partial charge in [-0.25, -0.2) is 0 Å². The van der Waals surface area contributed by atoms with E-state index in [-0.39, 0.29) is 11.9 Å². The lowest BCUT2D eigenvalue weighted by Gasteiger charge is -2.37. The summed E-state index contributed by atoms with van der Waals surface area (Å²) >= 11 is 6.02. The summed E-state index contributed by atoms with van der Waals surface area (Å²) in [5.41, 5.74) is 3.25. The van der Waals surface area contributed by atoms with Gasteiger partial charge in [0.2, 0.25) is 5.91 Å². The molecule has 5 nitrogen and oxygen atoms in total. The van der Waals surface area contributed by atoms with Crippen LogP contribution in [0.2, 0.25) is 5.02 Å². The predicted molar refractivity (Wildman–Crippen MR) is 184 cm³/mol. The number of benzene rings is 3. The summed E-state index contributed by atoms with van der Waals surface area (Å²) in [6, 6.07) is 29.9. The SMILES string of the molecule is CC(C)(NC(=O)C=Cc1ccc(Cl)cc1)C1CCN(CC(c2ccccc2)c2ccccc2)CC(CCN2CCCCC2)N1. The number of rotatable bonds is 11. The van der Waals surface area contributed by atoms with E-state index in [1.54, 1.807) is 6.08 Å². The molecular formula is C38H49ClN4O. The van der Waals surface area contributed by atoms with Crippen LogP contribution in [0.15, 0.2) is 91.0 Å². The summed E-state index contributed by atoms with van der Waals surface area (Å²) < 4.78 is 0. The van der Waals surface area contributed by atoms with Gasteiger partial charge in [0, 0.05) is 42.2 Å². The number of carbonyl (C=O) groups excluding carboxylic acids is 1. The summed E-state index contributed by atoms with van der Waals surface area (Å²) in [5.74, 6) is 0.230. The van der Waals surface area contributed by atoms with Crippen LogP contribution in [0.3, 0.4) is 0 Å². The smallest absolute Gasteiger partial charge is 0.244 e. The van der Waals surface area contributed by atoms with E-state index < -0.39 is 5.54 Å². The Labute approximate surface area is 269 Å². The normalized spacial score (nSPS) is 20.5. The third-order valence-electron chi connectivity index (χ3n) is 9.35. The van der Waals surface area contributed by atoms with Crippen LogP contribution in [-0.4, -0.2) is 72.6 Å². The first-order valence-electron chi connectivity index (χ1n) is 16.4. The maximum Gasteiger partial charge on any atom is 0.244 e. The molecule has 0 spiro atoms. The van der Waals surface area contributed by atoms with Gasteiger partial charge >= 0.3 is 0 Å². The van der Waals surface area contributed by atoms with Gasteiger partial charge in [0.1, 0.15) is 0 Å². The quantitative estimate of drug-likeness (QED) is 0.229. The van der Waals surface area contributed by atoms with Gasteiger partial charge in [-0.1, -0.05) is 90.8 Å². The highest BCUT2D eigenvalue weighted by molar-refractivity contribution is 6.30. The Morgan fingerprint density at radius 2 is 1.55 bits per heavy atom. The number of hydrogen-bond acceptors (Lipinski definition) is 4. The van der Waals surface area contributed by atoms with E-state index in [0.717, 1.165) is 44.6 Å². The maximum absolute atomic E-state index is 13.1. The first-order chi connectivity index (χ1) is 21.4. The van der Waals surface area contributed by atoms with E-state index in [1.807, 2.05) is 30.3 Å². The molecule has 2 N–H and O–H groups in total. The first-order valence-corrected chi connectivity index (χ1v) is 16.8. The minimum atomic E-state index is -0.418. The van der Waals surface area contributed by atoms with Crippen LogP contribution in [0.5, 0.6) is 0 Å². The Kier molecular flexibility index (Phi) is 11.7. The molecule has 0 radical (unpaired) electrons. The third kappa shape index (κ3) is 9.52. The molecule has 3 aromatic rings. The van der Waals surface area contributed by atoms with Crippen molar-refractivity contribution in [2.45, 2.75) is 69.5 Å². The fraction of sp³-hybridized carbons (Fsp3) is 0.447. The first kappa shape index (κ1) is 32.4. The average Bonchev–Trinajstić information content (AvgIpc) is 3.26. The Bertz CT molecular complexity index is 1280. The molecular weight excluding hydrogens is 564 g/mol. The molecule has 0 aliphatic carbocycles. The van der Waals surface area contributed by atoms with Gasteiger partial charge in [0.15, 0.2) is 0 Å². The summed E-state index contributed by atoms with van der Waals surface area (Å²) in [6.45, 7) is 10.8. The number of likely N-dealkylation sites (tertiary alicyclic amines) is 1. The molecule has 2 aliphatic heterocycles. The highest BCUT2D eigenvalue weighted by Crippen LogP contribution is 2.28. The van der Waals surface area contributed by atoms with Crippen LogP contribution in [-0.2, 0) is 4.79 Å². The highest BCUT2D eigenvalue weighted by atomic mass is 35.5. The second-order valence-electron chi connectivity index (χ2n) is 13.1. The van der Waals surface area contributed by atoms with Gasteiger partial charge in [-0.2, -0.15) is 0 Å². The van der Waals surface area contributed by atoms with Gasteiger partial charge in [0.05, 0.1) is 5.54 Å². The van der Waals surface area contributed by atoms with Crippen molar-refractivity contribution in [1.29, 1.82) is 0 Å². The van der Waals surface area contributed by atoms with Crippen molar-refractivity contribution in [3.63, 3.8) is 0 Å². The molecule has 234 valence electrons. The van der Waals surface area contributed by atoms with Crippen LogP contribution < -0.4 is 10.6 Å². The molecule has 0 aromatic heterocycles. The number of nitrogens with one attached hydrogen (secondary N) is 2. The molecule has 5 rings (SSSR count). The van der Waals surface area contributed by atoms with Gasteiger partial charge in [-0.3, -0.25) is 4.79 Å². The van der Waals surface area contributed by atoms with Crippen LogP contribution in [0, 0.1) is 0 Å². The zero-order chi connectivity index (χ0) is 30.8. The van der Waals surface area contributed by atoms with Crippen molar-refractivity contribution in [1.82, 2.24) is 20.4 Å². The number of piperidine rings is 1. The fourth-order valence-electron chi connectivity index (χ4n) is 6.79. The molecule has 2 atom stereocenters. The zero-order valence-electron chi connectivity index (χ0n) is 26.4. The lowest BCUT2D eigenvalue weighted by atomic mass is 9.90. The van der Waals surface area contributed by atoms with E-state index >= 15 is 0 Å². The minimum Gasteiger partial charge on any atom is -0.346 e. The highest BCUT2D eigenvalue weighted by Gasteiger charge is 2.35. The average molecular weight is 613 g/mol. The Morgan fingerprint density at radius 3 is 2.18 bits per heavy atom. The number of carbonyl (C=O) groups is 1. The maximum atomic E-state index is 13.1. The standard InChI is InChI=1S/C38H49ClN4O/c1-38(2,41-37(44)21-18-30-16-19-33(39)20-17-30)36-23-27-43(28-34(40-36)22-26-42-24-10-5-11-25-42)29-35(31-12-6-3-7-13-31)32-14-8-4-9-15-32/h3-4,6-9,12-21,34-36,40H,5,10-11,22-29H2,1-2H3,(H,41,44). The lowest BCUT2D eigenvalue weighted by molar-refractivity contribution is -0.118. The van der Waals surface area contributed by atoms with Crippen LogP contribution in [0.1, 0.15) is 68.6 Å².